The molecule has 0 aromatic heterocycles. The minimum absolute atomic E-state index is 0.0742. The SMILES string of the molecule is CC(C)(C)[Si](C)(C)OC1CCC(N2CC[C@@H](Cc3c(Cl)cc(-c4ccc(C(=O)N5CCC(C(F)(F)F)CC5)cc4)cc3Cl)C2=O)CC1. The number of hydrogen-bond acceptors (Lipinski definition) is 3. The second kappa shape index (κ2) is 14.0. The summed E-state index contributed by atoms with van der Waals surface area (Å²) in [6.07, 6.45) is 1.07. The zero-order chi connectivity index (χ0) is 34.3. The number of carbonyl (C=O) groups is 2. The molecule has 5 nitrogen and oxygen atoms in total. The molecule has 2 aromatic rings. The van der Waals surface area contributed by atoms with Gasteiger partial charge in [0.15, 0.2) is 8.32 Å². The summed E-state index contributed by atoms with van der Waals surface area (Å²) in [5.41, 5.74) is 2.78. The van der Waals surface area contributed by atoms with Crippen LogP contribution in [0.1, 0.15) is 81.6 Å². The van der Waals surface area contributed by atoms with Crippen LogP contribution in [-0.4, -0.2) is 67.9 Å². The molecule has 1 aliphatic carbocycles. The van der Waals surface area contributed by atoms with Crippen LogP contribution in [-0.2, 0) is 15.6 Å². The van der Waals surface area contributed by atoms with Crippen molar-refractivity contribution in [2.45, 2.75) is 109 Å². The summed E-state index contributed by atoms with van der Waals surface area (Å²) in [6, 6.07) is 10.9. The summed E-state index contributed by atoms with van der Waals surface area (Å²) < 4.78 is 45.7. The minimum atomic E-state index is -4.22. The quantitative estimate of drug-likeness (QED) is 0.269. The summed E-state index contributed by atoms with van der Waals surface area (Å²) in [5, 5.41) is 1.17. The first-order chi connectivity index (χ1) is 21.9. The molecule has 0 N–H and O–H groups in total. The highest BCUT2D eigenvalue weighted by atomic mass is 35.5. The number of benzene rings is 2. The highest BCUT2D eigenvalue weighted by molar-refractivity contribution is 6.74. The number of piperidine rings is 1. The van der Waals surface area contributed by atoms with Crippen LogP contribution < -0.4 is 0 Å². The summed E-state index contributed by atoms with van der Waals surface area (Å²) in [7, 11) is -1.82. The molecule has 0 spiro atoms. The fourth-order valence-electron chi connectivity index (χ4n) is 6.99. The largest absolute Gasteiger partial charge is 0.414 e. The highest BCUT2D eigenvalue weighted by Crippen LogP contribution is 2.41. The average molecular weight is 712 g/mol. The van der Waals surface area contributed by atoms with Crippen molar-refractivity contribution >= 4 is 43.3 Å². The lowest BCUT2D eigenvalue weighted by molar-refractivity contribution is -0.183. The van der Waals surface area contributed by atoms with E-state index < -0.39 is 20.4 Å². The normalized spacial score (nSPS) is 23.4. The molecule has 3 fully saturated rings. The summed E-state index contributed by atoms with van der Waals surface area (Å²) in [5.74, 6) is -1.61. The molecule has 0 unspecified atom stereocenters. The van der Waals surface area contributed by atoms with Crippen LogP contribution >= 0.6 is 23.2 Å². The van der Waals surface area contributed by atoms with Crippen LogP contribution in [0, 0.1) is 11.8 Å². The highest BCUT2D eigenvalue weighted by Gasteiger charge is 2.43. The summed E-state index contributed by atoms with van der Waals surface area (Å²) in [6.45, 7) is 12.3. The lowest BCUT2D eigenvalue weighted by Gasteiger charge is -2.42. The van der Waals surface area contributed by atoms with Crippen LogP contribution in [0.3, 0.4) is 0 Å². The number of likely N-dealkylation sites (tertiary alicyclic amines) is 2. The Balaban J connectivity index is 1.16. The molecule has 3 aliphatic rings. The van der Waals surface area contributed by atoms with Gasteiger partial charge in [-0.25, -0.2) is 0 Å². The lowest BCUT2D eigenvalue weighted by atomic mass is 9.92. The first kappa shape index (κ1) is 36.2. The van der Waals surface area contributed by atoms with Crippen LogP contribution in [0.4, 0.5) is 13.2 Å². The smallest absolute Gasteiger partial charge is 0.391 e. The third-order valence-corrected chi connectivity index (χ3v) is 16.2. The van der Waals surface area contributed by atoms with Crippen molar-refractivity contribution in [3.05, 3.63) is 57.6 Å². The van der Waals surface area contributed by atoms with E-state index >= 15 is 0 Å². The molecule has 1 atom stereocenters. The number of amides is 2. The standard InChI is InChI=1S/C36H47Cl2F3N2O3Si/c1-35(2,3)47(4,5)46-29-12-10-28(11-13-29)43-19-14-25(34(43)45)20-30-31(37)21-26(22-32(30)38)23-6-8-24(9-7-23)33(44)42-17-15-27(16-18-42)36(39,40)41/h6-9,21-22,25,27-29H,10-20H2,1-5H3/t25-,28?,29?/m0/s1. The number of halogens is 5. The predicted molar refractivity (Wildman–Crippen MR) is 184 cm³/mol. The van der Waals surface area contributed by atoms with E-state index in [9.17, 15) is 22.8 Å². The molecule has 47 heavy (non-hydrogen) atoms. The van der Waals surface area contributed by atoms with Gasteiger partial charge in [-0.15, -0.1) is 0 Å². The van der Waals surface area contributed by atoms with Crippen LogP contribution in [0.5, 0.6) is 0 Å². The zero-order valence-electron chi connectivity index (χ0n) is 28.1. The molecule has 2 saturated heterocycles. The Kier molecular flexibility index (Phi) is 10.8. The Morgan fingerprint density at radius 3 is 1.98 bits per heavy atom. The monoisotopic (exact) mass is 710 g/mol. The third-order valence-electron chi connectivity index (χ3n) is 11.0. The van der Waals surface area contributed by atoms with Crippen LogP contribution in [0.25, 0.3) is 11.1 Å². The van der Waals surface area contributed by atoms with Crippen molar-refractivity contribution in [3.8, 4) is 11.1 Å². The van der Waals surface area contributed by atoms with Crippen molar-refractivity contribution in [3.63, 3.8) is 0 Å². The predicted octanol–water partition coefficient (Wildman–Crippen LogP) is 9.80. The maximum atomic E-state index is 13.6. The number of nitrogens with zero attached hydrogens (tertiary/aromatic N) is 2. The maximum Gasteiger partial charge on any atom is 0.391 e. The van der Waals surface area contributed by atoms with Gasteiger partial charge < -0.3 is 14.2 Å². The van der Waals surface area contributed by atoms with Crippen molar-refractivity contribution in [2.24, 2.45) is 11.8 Å². The number of alkyl halides is 3. The van der Waals surface area contributed by atoms with E-state index in [1.807, 2.05) is 12.1 Å². The molecule has 258 valence electrons. The van der Waals surface area contributed by atoms with Crippen LogP contribution in [0.2, 0.25) is 28.2 Å². The topological polar surface area (TPSA) is 49.9 Å². The summed E-state index contributed by atoms with van der Waals surface area (Å²) >= 11 is 13.5. The Morgan fingerprint density at radius 1 is 0.872 bits per heavy atom. The molecule has 11 heteroatoms. The molecule has 2 heterocycles. The molecule has 5 rings (SSSR count). The summed E-state index contributed by atoms with van der Waals surface area (Å²) in [4.78, 5) is 30.1. The van der Waals surface area contributed by atoms with Gasteiger partial charge in [-0.2, -0.15) is 13.2 Å². The van der Waals surface area contributed by atoms with E-state index in [2.05, 4.69) is 38.8 Å². The van der Waals surface area contributed by atoms with Gasteiger partial charge in [0.2, 0.25) is 5.91 Å². The molecular weight excluding hydrogens is 664 g/mol. The molecule has 2 aliphatic heterocycles. The zero-order valence-corrected chi connectivity index (χ0v) is 30.6. The second-order valence-corrected chi connectivity index (χ2v) is 20.7. The van der Waals surface area contributed by atoms with E-state index in [0.717, 1.165) is 55.3 Å². The maximum absolute atomic E-state index is 13.6. The van der Waals surface area contributed by atoms with Crippen LogP contribution in [0.15, 0.2) is 36.4 Å². The van der Waals surface area contributed by atoms with Crippen molar-refractivity contribution < 1.29 is 27.2 Å². The number of hydrogen-bond donors (Lipinski definition) is 0. The van der Waals surface area contributed by atoms with Gasteiger partial charge in [-0.1, -0.05) is 56.1 Å². The Bertz CT molecular complexity index is 1420. The minimum Gasteiger partial charge on any atom is -0.414 e. The fraction of sp³-hybridized carbons (Fsp3) is 0.611. The van der Waals surface area contributed by atoms with E-state index in [-0.39, 0.29) is 60.8 Å². The van der Waals surface area contributed by atoms with E-state index in [1.165, 1.54) is 4.90 Å². The first-order valence-corrected chi connectivity index (χ1v) is 20.5. The van der Waals surface area contributed by atoms with Gasteiger partial charge >= 0.3 is 6.18 Å². The van der Waals surface area contributed by atoms with Gasteiger partial charge in [0.05, 0.1) is 5.92 Å². The first-order valence-electron chi connectivity index (χ1n) is 16.9. The third kappa shape index (κ3) is 8.22. The molecular formula is C36H47Cl2F3N2O3Si. The van der Waals surface area contributed by atoms with Crippen molar-refractivity contribution in [2.75, 3.05) is 19.6 Å². The van der Waals surface area contributed by atoms with Gasteiger partial charge in [0.1, 0.15) is 0 Å². The van der Waals surface area contributed by atoms with Gasteiger partial charge in [-0.05, 0) is 110 Å². The lowest BCUT2D eigenvalue weighted by Crippen LogP contribution is -2.47. The van der Waals surface area contributed by atoms with E-state index in [0.29, 0.717) is 22.0 Å². The molecule has 2 amide bonds. The fourth-order valence-corrected chi connectivity index (χ4v) is 9.06. The van der Waals surface area contributed by atoms with Gasteiger partial charge in [-0.3, -0.25) is 9.59 Å². The average Bonchev–Trinajstić information content (AvgIpc) is 3.37. The molecule has 2 aromatic carbocycles. The number of rotatable bonds is 7. The molecule has 0 radical (unpaired) electrons. The Morgan fingerprint density at radius 2 is 1.45 bits per heavy atom. The Labute approximate surface area is 288 Å². The molecule has 1 saturated carbocycles. The van der Waals surface area contributed by atoms with E-state index in [4.69, 9.17) is 27.6 Å². The van der Waals surface area contributed by atoms with Crippen molar-refractivity contribution in [1.29, 1.82) is 0 Å². The van der Waals surface area contributed by atoms with Gasteiger partial charge in [0.25, 0.3) is 5.91 Å². The van der Waals surface area contributed by atoms with E-state index in [1.54, 1.807) is 24.3 Å². The van der Waals surface area contributed by atoms with Crippen molar-refractivity contribution in [1.82, 2.24) is 9.80 Å². The molecule has 0 bridgehead atoms. The second-order valence-electron chi connectivity index (χ2n) is 15.1. The van der Waals surface area contributed by atoms with Gasteiger partial charge in [0, 0.05) is 53.3 Å². The number of carbonyl (C=O) groups excluding carboxylic acids is 2. The Hall–Kier alpha value is -2.07.